The van der Waals surface area contributed by atoms with E-state index >= 15 is 0 Å². The van der Waals surface area contributed by atoms with Crippen molar-refractivity contribution in [2.75, 3.05) is 0 Å². The third-order valence-electron chi connectivity index (χ3n) is 5.20. The number of aliphatic carboxylic acids is 1. The van der Waals surface area contributed by atoms with Gasteiger partial charge >= 0.3 is 5.97 Å². The van der Waals surface area contributed by atoms with Crippen LogP contribution in [-0.2, 0) is 22.0 Å². The van der Waals surface area contributed by atoms with Gasteiger partial charge in [-0.05, 0) is 46.5 Å². The molecule has 0 saturated heterocycles. The highest BCUT2D eigenvalue weighted by atomic mass is 16.4. The van der Waals surface area contributed by atoms with Crippen molar-refractivity contribution in [3.8, 4) is 5.75 Å². The number of phenols is 1. The molecular formula is C25H42O3. The molecule has 0 unspecified atom stereocenters. The van der Waals surface area contributed by atoms with E-state index in [1.165, 1.54) is 0 Å². The predicted molar refractivity (Wildman–Crippen MR) is 118 cm³/mol. The maximum Gasteiger partial charge on any atom is 0.303 e. The van der Waals surface area contributed by atoms with Crippen molar-refractivity contribution < 1.29 is 15.0 Å². The van der Waals surface area contributed by atoms with Crippen molar-refractivity contribution in [3.63, 3.8) is 0 Å². The lowest BCUT2D eigenvalue weighted by Crippen LogP contribution is -2.28. The molecule has 3 nitrogen and oxygen atoms in total. The molecule has 0 aromatic heterocycles. The van der Waals surface area contributed by atoms with E-state index in [1.54, 1.807) is 0 Å². The van der Waals surface area contributed by atoms with Crippen LogP contribution in [0, 0.1) is 10.8 Å². The molecule has 0 saturated carbocycles. The first-order chi connectivity index (χ1) is 12.3. The van der Waals surface area contributed by atoms with Crippen LogP contribution in [-0.4, -0.2) is 16.2 Å². The van der Waals surface area contributed by atoms with Crippen molar-refractivity contribution in [1.82, 2.24) is 0 Å². The van der Waals surface area contributed by atoms with Gasteiger partial charge in [0.2, 0.25) is 0 Å². The molecule has 28 heavy (non-hydrogen) atoms. The van der Waals surface area contributed by atoms with Crippen LogP contribution in [0.5, 0.6) is 5.75 Å². The molecule has 0 amide bonds. The van der Waals surface area contributed by atoms with Gasteiger partial charge in [0.25, 0.3) is 0 Å². The van der Waals surface area contributed by atoms with E-state index in [1.807, 2.05) is 12.1 Å². The second kappa shape index (κ2) is 8.08. The highest BCUT2D eigenvalue weighted by Gasteiger charge is 2.35. The summed E-state index contributed by atoms with van der Waals surface area (Å²) in [5.74, 6) is -0.415. The van der Waals surface area contributed by atoms with Crippen LogP contribution in [0.3, 0.4) is 0 Å². The Morgan fingerprint density at radius 3 is 1.43 bits per heavy atom. The zero-order valence-electron chi connectivity index (χ0n) is 19.8. The van der Waals surface area contributed by atoms with E-state index in [4.69, 9.17) is 5.11 Å². The van der Waals surface area contributed by atoms with Crippen LogP contribution in [0.15, 0.2) is 12.1 Å². The van der Waals surface area contributed by atoms with Gasteiger partial charge in [-0.15, -0.1) is 0 Å². The molecule has 0 aliphatic heterocycles. The van der Waals surface area contributed by atoms with Crippen LogP contribution in [0.1, 0.15) is 105 Å². The van der Waals surface area contributed by atoms with Crippen molar-refractivity contribution in [3.05, 3.63) is 28.8 Å². The van der Waals surface area contributed by atoms with Gasteiger partial charge in [-0.3, -0.25) is 4.79 Å². The Bertz CT molecular complexity index is 648. The Balaban J connectivity index is 3.59. The van der Waals surface area contributed by atoms with Crippen LogP contribution >= 0.6 is 0 Å². The number of rotatable bonds is 7. The predicted octanol–water partition coefficient (Wildman–Crippen LogP) is 6.84. The second-order valence-corrected chi connectivity index (χ2v) is 12.2. The number of phenolic OH excluding ortho intramolecular Hbond substituents is 1. The van der Waals surface area contributed by atoms with Gasteiger partial charge in [-0.2, -0.15) is 0 Å². The van der Waals surface area contributed by atoms with Crippen molar-refractivity contribution >= 4 is 5.97 Å². The summed E-state index contributed by atoms with van der Waals surface area (Å²) < 4.78 is 0. The lowest BCUT2D eigenvalue weighted by molar-refractivity contribution is -0.136. The first-order valence-electron chi connectivity index (χ1n) is 10.4. The quantitative estimate of drug-likeness (QED) is 0.536. The van der Waals surface area contributed by atoms with Crippen LogP contribution < -0.4 is 0 Å². The fourth-order valence-electron chi connectivity index (χ4n) is 4.96. The average Bonchev–Trinajstić information content (AvgIpc) is 2.40. The number of aryl methyl sites for hydroxylation is 1. The summed E-state index contributed by atoms with van der Waals surface area (Å²) in [6, 6.07) is 4.06. The minimum atomic E-state index is -0.793. The lowest BCUT2D eigenvalue weighted by atomic mass is 9.67. The second-order valence-electron chi connectivity index (χ2n) is 12.2. The topological polar surface area (TPSA) is 57.5 Å². The standard InChI is InChI=1S/C25H42O3/c1-22(2,3)15-24(7,8)18-13-17(11-12-20(26)27)14-19(21(18)28)25(9,10)16-23(4,5)6/h13-14,28H,11-12,15-16H2,1-10H3,(H,26,27). The van der Waals surface area contributed by atoms with E-state index < -0.39 is 5.97 Å². The minimum Gasteiger partial charge on any atom is -0.507 e. The highest BCUT2D eigenvalue weighted by Crippen LogP contribution is 2.47. The number of hydrogen-bond donors (Lipinski definition) is 2. The van der Waals surface area contributed by atoms with Crippen LogP contribution in [0.2, 0.25) is 0 Å². The van der Waals surface area contributed by atoms with Gasteiger partial charge in [-0.25, -0.2) is 0 Å². The summed E-state index contributed by atoms with van der Waals surface area (Å²) in [7, 11) is 0. The summed E-state index contributed by atoms with van der Waals surface area (Å²) in [4.78, 5) is 11.1. The summed E-state index contributed by atoms with van der Waals surface area (Å²) in [5, 5.41) is 20.5. The first-order valence-corrected chi connectivity index (χ1v) is 10.4. The Hall–Kier alpha value is -1.51. The molecule has 1 rings (SSSR count). The molecular weight excluding hydrogens is 348 g/mol. The molecule has 0 aliphatic carbocycles. The average molecular weight is 391 g/mol. The number of carboxylic acid groups (broad SMARTS) is 1. The van der Waals surface area contributed by atoms with Gasteiger partial charge < -0.3 is 10.2 Å². The third-order valence-corrected chi connectivity index (χ3v) is 5.20. The summed E-state index contributed by atoms with van der Waals surface area (Å²) in [6.45, 7) is 22.0. The monoisotopic (exact) mass is 390 g/mol. The molecule has 160 valence electrons. The van der Waals surface area contributed by atoms with Crippen molar-refractivity contribution in [2.24, 2.45) is 10.8 Å². The van der Waals surface area contributed by atoms with Gasteiger partial charge in [0.05, 0.1) is 0 Å². The molecule has 2 N–H and O–H groups in total. The summed E-state index contributed by atoms with van der Waals surface area (Å²) in [5.41, 5.74) is 2.67. The van der Waals surface area contributed by atoms with Crippen molar-refractivity contribution in [2.45, 2.75) is 106 Å². The Morgan fingerprint density at radius 1 is 0.786 bits per heavy atom. The SMILES string of the molecule is CC(C)(C)CC(C)(C)c1cc(CCC(=O)O)cc(C(C)(C)CC(C)(C)C)c1O. The number of carboxylic acids is 1. The molecule has 0 radical (unpaired) electrons. The Morgan fingerprint density at radius 2 is 1.14 bits per heavy atom. The van der Waals surface area contributed by atoms with E-state index in [9.17, 15) is 9.90 Å². The molecule has 0 spiro atoms. The fraction of sp³-hybridized carbons (Fsp3) is 0.720. The van der Waals surface area contributed by atoms with Gasteiger partial charge in [-0.1, -0.05) is 81.4 Å². The lowest BCUT2D eigenvalue weighted by Gasteiger charge is -2.37. The zero-order valence-corrected chi connectivity index (χ0v) is 19.8. The molecule has 0 bridgehead atoms. The van der Waals surface area contributed by atoms with E-state index in [2.05, 4.69) is 69.2 Å². The normalized spacial score (nSPS) is 13.6. The van der Waals surface area contributed by atoms with Gasteiger partial charge in [0, 0.05) is 17.5 Å². The molecule has 0 atom stereocenters. The largest absolute Gasteiger partial charge is 0.507 e. The number of aromatic hydroxyl groups is 1. The van der Waals surface area contributed by atoms with E-state index in [0.29, 0.717) is 12.2 Å². The maximum atomic E-state index is 11.3. The third kappa shape index (κ3) is 7.14. The molecule has 0 aliphatic rings. The minimum absolute atomic E-state index is 0.100. The van der Waals surface area contributed by atoms with Gasteiger partial charge in [0.15, 0.2) is 0 Å². The molecule has 1 aromatic rings. The number of hydrogen-bond acceptors (Lipinski definition) is 2. The summed E-state index contributed by atoms with van der Waals surface area (Å²) in [6.07, 6.45) is 2.43. The number of benzene rings is 1. The van der Waals surface area contributed by atoms with Crippen molar-refractivity contribution in [1.29, 1.82) is 0 Å². The van der Waals surface area contributed by atoms with Crippen LogP contribution in [0.25, 0.3) is 0 Å². The summed E-state index contributed by atoms with van der Waals surface area (Å²) >= 11 is 0. The Labute approximate surface area is 172 Å². The maximum absolute atomic E-state index is 11.3. The highest BCUT2D eigenvalue weighted by molar-refractivity contribution is 5.67. The zero-order chi connectivity index (χ0) is 22.1. The van der Waals surface area contributed by atoms with E-state index in [-0.39, 0.29) is 28.1 Å². The van der Waals surface area contributed by atoms with Crippen LogP contribution in [0.4, 0.5) is 0 Å². The fourth-order valence-corrected chi connectivity index (χ4v) is 4.96. The molecule has 0 heterocycles. The molecule has 0 fully saturated rings. The molecule has 3 heteroatoms. The first kappa shape index (κ1) is 24.5. The van der Waals surface area contributed by atoms with Gasteiger partial charge in [0.1, 0.15) is 5.75 Å². The Kier molecular flexibility index (Phi) is 7.08. The van der Waals surface area contributed by atoms with E-state index in [0.717, 1.165) is 29.5 Å². The smallest absolute Gasteiger partial charge is 0.303 e. The number of carbonyl (C=O) groups is 1. The molecule has 1 aromatic carbocycles.